The Morgan fingerprint density at radius 2 is 1.09 bits per heavy atom. The molecule has 0 atom stereocenters. The van der Waals surface area contributed by atoms with Crippen molar-refractivity contribution in [2.45, 2.75) is 39.0 Å². The van der Waals surface area contributed by atoms with Gasteiger partial charge in [0.1, 0.15) is 0 Å². The van der Waals surface area contributed by atoms with E-state index in [0.717, 1.165) is 33.4 Å². The molecule has 0 saturated carbocycles. The van der Waals surface area contributed by atoms with Gasteiger partial charge in [-0.25, -0.2) is 0 Å². The highest BCUT2D eigenvalue weighted by atomic mass is 35.5. The van der Waals surface area contributed by atoms with Gasteiger partial charge in [-0.2, -0.15) is 0 Å². The Bertz CT molecular complexity index is 977. The van der Waals surface area contributed by atoms with Crippen molar-refractivity contribution < 1.29 is 14.7 Å². The monoisotopic (exact) mass is 490 g/mol. The van der Waals surface area contributed by atoms with Crippen molar-refractivity contribution in [1.29, 1.82) is 0 Å². The summed E-state index contributed by atoms with van der Waals surface area (Å²) in [6.45, 7) is 6.08. The van der Waals surface area contributed by atoms with Gasteiger partial charge in [0.25, 0.3) is 0 Å². The zero-order valence-electron chi connectivity index (χ0n) is 18.3. The minimum absolute atomic E-state index is 0.179. The highest BCUT2D eigenvalue weighted by Gasteiger charge is 2.37. The molecule has 0 fully saturated rings. The highest BCUT2D eigenvalue weighted by molar-refractivity contribution is 6.32. The van der Waals surface area contributed by atoms with Crippen LogP contribution in [0.3, 0.4) is 0 Å². The molecule has 0 aliphatic carbocycles. The molecule has 0 bridgehead atoms. The Kier molecular flexibility index (Phi) is 8.32. The molecule has 0 unspecified atom stereocenters. The van der Waals surface area contributed by atoms with E-state index < -0.39 is 12.7 Å². The molecule has 0 amide bonds. The molecule has 0 spiro atoms. The highest BCUT2D eigenvalue weighted by Crippen LogP contribution is 2.46. The van der Waals surface area contributed by atoms with E-state index in [0.29, 0.717) is 27.9 Å². The van der Waals surface area contributed by atoms with E-state index in [-0.39, 0.29) is 6.61 Å². The van der Waals surface area contributed by atoms with Crippen molar-refractivity contribution in [3.8, 4) is 0 Å². The molecule has 0 aliphatic rings. The minimum atomic E-state index is -1.80. The van der Waals surface area contributed by atoms with Gasteiger partial charge in [0.2, 0.25) is 0 Å². The first-order valence-electron chi connectivity index (χ1n) is 10.4. The van der Waals surface area contributed by atoms with Gasteiger partial charge in [0.05, 0.1) is 0 Å². The molecule has 0 radical (unpaired) electrons. The molecule has 3 aromatic rings. The third kappa shape index (κ3) is 5.33. The number of benzene rings is 3. The maximum Gasteiger partial charge on any atom is 0.633 e. The van der Waals surface area contributed by atoms with Crippen molar-refractivity contribution in [1.82, 2.24) is 0 Å². The Hall–Kier alpha value is -1.53. The summed E-state index contributed by atoms with van der Waals surface area (Å²) in [7, 11) is -1.80. The van der Waals surface area contributed by atoms with Crippen LogP contribution in [0.2, 0.25) is 15.1 Å². The number of rotatable bonds is 8. The van der Waals surface area contributed by atoms with Crippen LogP contribution in [0.1, 0.15) is 46.2 Å². The van der Waals surface area contributed by atoms with Crippen molar-refractivity contribution in [3.05, 3.63) is 103 Å². The molecule has 3 nitrogen and oxygen atoms in total. The normalized spacial score (nSPS) is 11.6. The summed E-state index contributed by atoms with van der Waals surface area (Å²) < 4.78 is 5.01. The number of halogens is 3. The van der Waals surface area contributed by atoms with Gasteiger partial charge in [0, 0.05) is 27.1 Å². The Balaban J connectivity index is 2.27. The Morgan fingerprint density at radius 3 is 1.41 bits per heavy atom. The summed E-state index contributed by atoms with van der Waals surface area (Å²) in [6.07, 6.45) is 1.16. The molecule has 168 valence electrons. The fraction of sp³-hybridized carbons (Fsp3) is 0.280. The summed E-state index contributed by atoms with van der Waals surface area (Å²) in [6, 6.07) is 18.2. The lowest BCUT2D eigenvalue weighted by Crippen LogP contribution is -2.31. The van der Waals surface area contributed by atoms with Crippen LogP contribution in [0.25, 0.3) is 0 Å². The van der Waals surface area contributed by atoms with Gasteiger partial charge < -0.3 is 14.7 Å². The lowest BCUT2D eigenvalue weighted by Gasteiger charge is -2.37. The second kappa shape index (κ2) is 10.6. The molecular weight excluding hydrogens is 465 g/mol. The van der Waals surface area contributed by atoms with Crippen LogP contribution < -0.4 is 0 Å². The zero-order chi connectivity index (χ0) is 23.5. The van der Waals surface area contributed by atoms with Gasteiger partial charge in [-0.3, -0.25) is 0 Å². The fourth-order valence-corrected chi connectivity index (χ4v) is 4.58. The van der Waals surface area contributed by atoms with Crippen molar-refractivity contribution in [3.63, 3.8) is 0 Å². The van der Waals surface area contributed by atoms with Crippen molar-refractivity contribution in [2.24, 2.45) is 0 Å². The molecule has 2 N–H and O–H groups in total. The molecule has 7 heteroatoms. The smallest absolute Gasteiger partial charge is 0.402 e. The van der Waals surface area contributed by atoms with Gasteiger partial charge in [-0.15, -0.1) is 0 Å². The maximum atomic E-state index is 9.11. The Labute approximate surface area is 205 Å². The summed E-state index contributed by atoms with van der Waals surface area (Å²) in [5.41, 5.74) is 5.32. The van der Waals surface area contributed by atoms with E-state index in [4.69, 9.17) is 49.5 Å². The largest absolute Gasteiger partial charge is 0.633 e. The minimum Gasteiger partial charge on any atom is -0.402 e. The zero-order valence-corrected chi connectivity index (χ0v) is 20.6. The Morgan fingerprint density at radius 1 is 0.719 bits per heavy atom. The van der Waals surface area contributed by atoms with Gasteiger partial charge in [-0.05, 0) is 85.2 Å². The summed E-state index contributed by atoms with van der Waals surface area (Å²) >= 11 is 19.7. The molecule has 32 heavy (non-hydrogen) atoms. The van der Waals surface area contributed by atoms with Crippen molar-refractivity contribution >= 4 is 42.1 Å². The lowest BCUT2D eigenvalue weighted by atomic mass is 9.66. The van der Waals surface area contributed by atoms with E-state index in [9.17, 15) is 0 Å². The van der Waals surface area contributed by atoms with E-state index in [2.05, 4.69) is 18.2 Å². The molecule has 0 heterocycles. The first-order chi connectivity index (χ1) is 15.1. The number of aryl methyl sites for hydroxylation is 3. The SMILES string of the molecule is Cc1ccc(C(CCCOB(O)O)(c2ccc(C)c(Cl)c2)c2ccc(C)c(Cl)c2)cc1Cl. The second-order valence-electron chi connectivity index (χ2n) is 8.10. The van der Waals surface area contributed by atoms with E-state index in [1.807, 2.05) is 57.2 Å². The first kappa shape index (κ1) is 25.1. The summed E-state index contributed by atoms with van der Waals surface area (Å²) in [4.78, 5) is 0. The van der Waals surface area contributed by atoms with E-state index in [1.54, 1.807) is 0 Å². The molecule has 3 rings (SSSR count). The molecular formula is C25H26BCl3O3. The van der Waals surface area contributed by atoms with Crippen LogP contribution in [0.4, 0.5) is 0 Å². The van der Waals surface area contributed by atoms with Crippen LogP contribution in [-0.4, -0.2) is 24.0 Å². The predicted molar refractivity (Wildman–Crippen MR) is 134 cm³/mol. The fourth-order valence-electron chi connectivity index (χ4n) is 4.03. The predicted octanol–water partition coefficient (Wildman–Crippen LogP) is 6.67. The maximum absolute atomic E-state index is 9.11. The topological polar surface area (TPSA) is 49.7 Å². The van der Waals surface area contributed by atoms with Gasteiger partial charge in [0.15, 0.2) is 0 Å². The lowest BCUT2D eigenvalue weighted by molar-refractivity contribution is 0.179. The van der Waals surface area contributed by atoms with E-state index >= 15 is 0 Å². The number of hydrogen-bond donors (Lipinski definition) is 2. The second-order valence-corrected chi connectivity index (χ2v) is 9.32. The molecule has 0 aliphatic heterocycles. The quantitative estimate of drug-likeness (QED) is 0.210. The van der Waals surface area contributed by atoms with E-state index in [1.165, 1.54) is 0 Å². The summed E-state index contributed by atoms with van der Waals surface area (Å²) in [5.74, 6) is 0. The standard InChI is InChI=1S/C25H26BCl3O3/c1-16-5-8-19(13-22(16)27)25(11-4-12-32-26(30)31,20-9-6-17(2)23(28)14-20)21-10-7-18(3)24(29)15-21/h5-10,13-15,30-31H,4,11-12H2,1-3H3. The summed E-state index contributed by atoms with van der Waals surface area (Å²) in [5, 5.41) is 20.2. The van der Waals surface area contributed by atoms with Crippen LogP contribution in [-0.2, 0) is 10.1 Å². The number of hydrogen-bond acceptors (Lipinski definition) is 3. The van der Waals surface area contributed by atoms with Crippen molar-refractivity contribution in [2.75, 3.05) is 6.61 Å². The van der Waals surface area contributed by atoms with Crippen LogP contribution >= 0.6 is 34.8 Å². The molecule has 0 aromatic heterocycles. The third-order valence-corrected chi connectivity index (χ3v) is 7.18. The van der Waals surface area contributed by atoms with Gasteiger partial charge in [-0.1, -0.05) is 71.2 Å². The first-order valence-corrected chi connectivity index (χ1v) is 11.6. The average molecular weight is 492 g/mol. The average Bonchev–Trinajstić information content (AvgIpc) is 2.74. The van der Waals surface area contributed by atoms with Crippen LogP contribution in [0, 0.1) is 20.8 Å². The van der Waals surface area contributed by atoms with Crippen LogP contribution in [0.5, 0.6) is 0 Å². The van der Waals surface area contributed by atoms with Crippen LogP contribution in [0.15, 0.2) is 54.6 Å². The molecule has 3 aromatic carbocycles. The third-order valence-electron chi connectivity index (χ3n) is 5.96. The molecule has 0 saturated heterocycles. The van der Waals surface area contributed by atoms with Gasteiger partial charge >= 0.3 is 7.32 Å².